The van der Waals surface area contributed by atoms with E-state index in [0.717, 1.165) is 10.8 Å². The quantitative estimate of drug-likeness (QED) is 0.871. The van der Waals surface area contributed by atoms with Crippen LogP contribution in [0.25, 0.3) is 0 Å². The molecule has 1 fully saturated rings. The average Bonchev–Trinajstić information content (AvgIpc) is 2.83. The zero-order chi connectivity index (χ0) is 14.8. The van der Waals surface area contributed by atoms with E-state index >= 15 is 0 Å². The van der Waals surface area contributed by atoms with E-state index in [9.17, 15) is 4.79 Å². The van der Waals surface area contributed by atoms with Crippen LogP contribution in [0.1, 0.15) is 29.8 Å². The zero-order valence-corrected chi connectivity index (χ0v) is 13.0. The Morgan fingerprint density at radius 2 is 2.24 bits per heavy atom. The van der Waals surface area contributed by atoms with Crippen LogP contribution in [0, 0.1) is 0 Å². The molecule has 1 amide bonds. The maximum atomic E-state index is 12.6. The Morgan fingerprint density at radius 3 is 2.86 bits per heavy atom. The molecule has 21 heavy (non-hydrogen) atoms. The van der Waals surface area contributed by atoms with Gasteiger partial charge in [0.2, 0.25) is 0 Å². The van der Waals surface area contributed by atoms with Gasteiger partial charge in [0, 0.05) is 25.5 Å². The zero-order valence-electron chi connectivity index (χ0n) is 12.2. The Morgan fingerprint density at radius 1 is 1.43 bits per heavy atom. The molecule has 0 N–H and O–H groups in total. The lowest BCUT2D eigenvalue weighted by Crippen LogP contribution is -2.28. The van der Waals surface area contributed by atoms with Crippen LogP contribution in [-0.2, 0) is 7.05 Å². The molecule has 1 aliphatic rings. The Balaban J connectivity index is 1.78. The van der Waals surface area contributed by atoms with Gasteiger partial charge in [-0.15, -0.1) is 0 Å². The van der Waals surface area contributed by atoms with Crippen molar-refractivity contribution in [2.45, 2.75) is 29.7 Å². The van der Waals surface area contributed by atoms with Crippen molar-refractivity contribution in [3.8, 4) is 0 Å². The number of carbonyl (C=O) groups excluding carboxylic acids is 1. The third-order valence-corrected chi connectivity index (χ3v) is 5.22. The first-order valence-electron chi connectivity index (χ1n) is 7.03. The summed E-state index contributed by atoms with van der Waals surface area (Å²) in [5, 5.41) is 1.58. The van der Waals surface area contributed by atoms with Crippen molar-refractivity contribution >= 4 is 23.4 Å². The summed E-state index contributed by atoms with van der Waals surface area (Å²) >= 11 is 1.77. The van der Waals surface area contributed by atoms with Crippen LogP contribution < -0.4 is 4.90 Å². The molecule has 0 spiro atoms. The molecule has 1 aliphatic carbocycles. The summed E-state index contributed by atoms with van der Waals surface area (Å²) in [7, 11) is 3.66. The second-order valence-electron chi connectivity index (χ2n) is 5.23. The summed E-state index contributed by atoms with van der Waals surface area (Å²) in [6.07, 6.45) is 8.83. The van der Waals surface area contributed by atoms with Crippen molar-refractivity contribution in [3.05, 3.63) is 36.4 Å². The smallest absolute Gasteiger partial charge is 0.276 e. The Bertz CT molecular complexity index is 636. The highest BCUT2D eigenvalue weighted by atomic mass is 32.2. The highest BCUT2D eigenvalue weighted by Crippen LogP contribution is 2.35. The van der Waals surface area contributed by atoms with Crippen LogP contribution in [0.3, 0.4) is 0 Å². The van der Waals surface area contributed by atoms with E-state index in [1.54, 1.807) is 42.3 Å². The van der Waals surface area contributed by atoms with E-state index < -0.39 is 0 Å². The van der Waals surface area contributed by atoms with E-state index in [1.807, 2.05) is 23.7 Å². The summed E-state index contributed by atoms with van der Waals surface area (Å²) in [4.78, 5) is 22.6. The number of amides is 1. The largest absolute Gasteiger partial charge is 0.318 e. The summed E-state index contributed by atoms with van der Waals surface area (Å²) in [5.41, 5.74) is 1.38. The lowest BCUT2D eigenvalue weighted by atomic mass is 10.0. The van der Waals surface area contributed by atoms with Crippen LogP contribution in [0.4, 0.5) is 5.69 Å². The summed E-state index contributed by atoms with van der Waals surface area (Å²) in [6, 6.07) is 3.69. The topological polar surface area (TPSA) is 51.0 Å². The number of hydrogen-bond acceptors (Lipinski definition) is 4. The molecular formula is C15H18N4OS. The van der Waals surface area contributed by atoms with E-state index in [4.69, 9.17) is 0 Å². The maximum absolute atomic E-state index is 12.6. The van der Waals surface area contributed by atoms with Crippen molar-refractivity contribution < 1.29 is 4.79 Å². The Hall–Kier alpha value is -1.82. The third-order valence-electron chi connectivity index (χ3n) is 3.83. The average molecular weight is 302 g/mol. The molecule has 0 aromatic carbocycles. The SMILES string of the molecule is CN(C(=O)c1cnc(SC2CCC2)n1C)c1cccnc1. The molecule has 1 saturated carbocycles. The number of pyridine rings is 1. The molecule has 2 aromatic heterocycles. The van der Waals surface area contributed by atoms with Crippen LogP contribution in [0.5, 0.6) is 0 Å². The van der Waals surface area contributed by atoms with Crippen LogP contribution in [0.15, 0.2) is 35.9 Å². The van der Waals surface area contributed by atoms with E-state index in [-0.39, 0.29) is 5.91 Å². The van der Waals surface area contributed by atoms with Gasteiger partial charge in [-0.1, -0.05) is 18.2 Å². The molecule has 5 nitrogen and oxygen atoms in total. The van der Waals surface area contributed by atoms with Crippen molar-refractivity contribution in [3.63, 3.8) is 0 Å². The summed E-state index contributed by atoms with van der Waals surface area (Å²) in [5.74, 6) is -0.0709. The molecule has 0 aliphatic heterocycles. The van der Waals surface area contributed by atoms with Gasteiger partial charge in [0.05, 0.1) is 18.1 Å². The number of anilines is 1. The van der Waals surface area contributed by atoms with Gasteiger partial charge in [-0.05, 0) is 25.0 Å². The van der Waals surface area contributed by atoms with E-state index in [2.05, 4.69) is 9.97 Å². The fourth-order valence-electron chi connectivity index (χ4n) is 2.18. The molecule has 0 unspecified atom stereocenters. The maximum Gasteiger partial charge on any atom is 0.276 e. The number of aromatic nitrogens is 3. The van der Waals surface area contributed by atoms with Gasteiger partial charge in [-0.3, -0.25) is 9.78 Å². The number of nitrogens with zero attached hydrogens (tertiary/aromatic N) is 4. The monoisotopic (exact) mass is 302 g/mol. The fraction of sp³-hybridized carbons (Fsp3) is 0.400. The number of rotatable bonds is 4. The van der Waals surface area contributed by atoms with Crippen LogP contribution >= 0.6 is 11.8 Å². The lowest BCUT2D eigenvalue weighted by molar-refractivity contribution is 0.0984. The highest BCUT2D eigenvalue weighted by Gasteiger charge is 2.24. The molecule has 2 heterocycles. The molecular weight excluding hydrogens is 284 g/mol. The predicted octanol–water partition coefficient (Wildman–Crippen LogP) is 2.74. The van der Waals surface area contributed by atoms with Crippen LogP contribution in [-0.4, -0.2) is 32.7 Å². The van der Waals surface area contributed by atoms with Gasteiger partial charge in [0.25, 0.3) is 5.91 Å². The Labute approximate surface area is 128 Å². The molecule has 2 aromatic rings. The second kappa shape index (κ2) is 5.89. The standard InChI is InChI=1S/C15H18N4OS/c1-18(11-5-4-8-16-9-11)14(20)13-10-17-15(19(13)2)21-12-6-3-7-12/h4-5,8-10,12H,3,6-7H2,1-2H3. The molecule has 6 heteroatoms. The molecule has 0 atom stereocenters. The first-order valence-corrected chi connectivity index (χ1v) is 7.91. The second-order valence-corrected chi connectivity index (χ2v) is 6.50. The van der Waals surface area contributed by atoms with Gasteiger partial charge in [-0.25, -0.2) is 4.98 Å². The first-order chi connectivity index (χ1) is 10.2. The van der Waals surface area contributed by atoms with Crippen molar-refractivity contribution in [1.82, 2.24) is 14.5 Å². The Kier molecular flexibility index (Phi) is 3.96. The minimum absolute atomic E-state index is 0.0709. The van der Waals surface area contributed by atoms with Gasteiger partial charge >= 0.3 is 0 Å². The van der Waals surface area contributed by atoms with Crippen LogP contribution in [0.2, 0.25) is 0 Å². The molecule has 0 saturated heterocycles. The van der Waals surface area contributed by atoms with E-state index in [0.29, 0.717) is 10.9 Å². The summed E-state index contributed by atoms with van der Waals surface area (Å²) in [6.45, 7) is 0. The first kappa shape index (κ1) is 14.1. The third kappa shape index (κ3) is 2.81. The highest BCUT2D eigenvalue weighted by molar-refractivity contribution is 7.99. The molecule has 3 rings (SSSR count). The van der Waals surface area contributed by atoms with Gasteiger partial charge in [0.15, 0.2) is 5.16 Å². The van der Waals surface area contributed by atoms with Gasteiger partial charge < -0.3 is 9.47 Å². The minimum atomic E-state index is -0.0709. The predicted molar refractivity (Wildman–Crippen MR) is 83.7 cm³/mol. The normalized spacial score (nSPS) is 14.8. The van der Waals surface area contributed by atoms with Crippen molar-refractivity contribution in [2.24, 2.45) is 7.05 Å². The molecule has 110 valence electrons. The molecule has 0 radical (unpaired) electrons. The van der Waals surface area contributed by atoms with Crippen molar-refractivity contribution in [1.29, 1.82) is 0 Å². The number of hydrogen-bond donors (Lipinski definition) is 0. The lowest BCUT2D eigenvalue weighted by Gasteiger charge is -2.24. The van der Waals surface area contributed by atoms with E-state index in [1.165, 1.54) is 19.3 Å². The van der Waals surface area contributed by atoms with Crippen molar-refractivity contribution in [2.75, 3.05) is 11.9 Å². The van der Waals surface area contributed by atoms with Gasteiger partial charge in [0.1, 0.15) is 5.69 Å². The number of carbonyl (C=O) groups is 1. The minimum Gasteiger partial charge on any atom is -0.318 e. The number of thioether (sulfide) groups is 1. The number of imidazole rings is 1. The van der Waals surface area contributed by atoms with Gasteiger partial charge in [-0.2, -0.15) is 0 Å². The fourth-order valence-corrected chi connectivity index (χ4v) is 3.42. The molecule has 0 bridgehead atoms. The summed E-state index contributed by atoms with van der Waals surface area (Å²) < 4.78 is 1.89.